The van der Waals surface area contributed by atoms with Gasteiger partial charge >= 0.3 is 0 Å². The van der Waals surface area contributed by atoms with Gasteiger partial charge in [0, 0.05) is 7.05 Å². The monoisotopic (exact) mass is 115 g/mol. The highest BCUT2D eigenvalue weighted by molar-refractivity contribution is 5.97. The van der Waals surface area contributed by atoms with Crippen molar-refractivity contribution in [3.05, 3.63) is 0 Å². The van der Waals surface area contributed by atoms with E-state index < -0.39 is 0 Å². The van der Waals surface area contributed by atoms with Gasteiger partial charge in [0.15, 0.2) is 7.98 Å². The van der Waals surface area contributed by atoms with Crippen LogP contribution in [0.4, 0.5) is 0 Å². The first-order valence-electron chi connectivity index (χ1n) is 2.66. The molecule has 0 aromatic rings. The van der Waals surface area contributed by atoms with E-state index in [1.165, 1.54) is 17.5 Å². The molecule has 0 atom stereocenters. The van der Waals surface area contributed by atoms with Gasteiger partial charge in [-0.1, -0.05) is 0 Å². The van der Waals surface area contributed by atoms with Crippen molar-refractivity contribution >= 4 is 7.98 Å². The molecule has 48 valence electrons. The molecule has 0 N–H and O–H groups in total. The van der Waals surface area contributed by atoms with Crippen LogP contribution < -0.4 is 0 Å². The Balaban J connectivity index is 2.33. The highest BCUT2D eigenvalue weighted by atomic mass is 16.5. The van der Waals surface area contributed by atoms with Gasteiger partial charge in [-0.2, -0.15) is 0 Å². The fraction of sp³-hybridized carbons (Fsp3) is 1.00. The van der Waals surface area contributed by atoms with E-state index in [0.717, 1.165) is 13.2 Å². The predicted octanol–water partition coefficient (Wildman–Crippen LogP) is -1.26. The van der Waals surface area contributed by atoms with Crippen molar-refractivity contribution in [3.8, 4) is 0 Å². The van der Waals surface area contributed by atoms with Gasteiger partial charge in [-0.25, -0.2) is 0 Å². The summed E-state index contributed by atoms with van der Waals surface area (Å²) in [4.78, 5) is 0. The SMILES string of the molecule is [BH3-][N+]1(C)CCOCC1. The van der Waals surface area contributed by atoms with Gasteiger partial charge < -0.3 is 9.13 Å². The normalized spacial score (nSPS) is 27.8. The molecule has 0 aromatic heterocycles. The lowest BCUT2D eigenvalue weighted by atomic mass is 10.2. The second kappa shape index (κ2) is 2.07. The number of likely N-dealkylation sites (N-methyl/N-ethyl adjacent to an activating group) is 1. The highest BCUT2D eigenvalue weighted by Crippen LogP contribution is 1.99. The number of hydrogen-bond acceptors (Lipinski definition) is 1. The molecule has 0 aliphatic carbocycles. The molecule has 8 heavy (non-hydrogen) atoms. The molecule has 0 spiro atoms. The van der Waals surface area contributed by atoms with Gasteiger partial charge in [-0.3, -0.25) is 0 Å². The molecule has 1 aliphatic heterocycles. The van der Waals surface area contributed by atoms with Crippen molar-refractivity contribution in [2.75, 3.05) is 33.4 Å². The zero-order valence-electron chi connectivity index (χ0n) is 4.68. The lowest BCUT2D eigenvalue weighted by Crippen LogP contribution is -2.49. The largest absolute Gasteiger partial charge is 0.521 e. The number of morpholine rings is 1. The number of hydrogen-bond donors (Lipinski definition) is 0. The third-order valence-corrected chi connectivity index (χ3v) is 1.23. The van der Waals surface area contributed by atoms with Crippen molar-refractivity contribution in [1.82, 2.24) is 0 Å². The summed E-state index contributed by atoms with van der Waals surface area (Å²) in [6.45, 7) is 4.56. The van der Waals surface area contributed by atoms with Gasteiger partial charge in [-0.15, -0.1) is 0 Å². The summed E-state index contributed by atoms with van der Waals surface area (Å²) in [6, 6.07) is 0. The predicted molar refractivity (Wildman–Crippen MR) is 36.7 cm³/mol. The Morgan fingerprint density at radius 1 is 1.38 bits per heavy atom. The first kappa shape index (κ1) is 6.11. The van der Waals surface area contributed by atoms with E-state index in [1.807, 2.05) is 0 Å². The van der Waals surface area contributed by atoms with Crippen molar-refractivity contribution in [2.45, 2.75) is 0 Å². The summed E-state index contributed by atoms with van der Waals surface area (Å²) in [6.07, 6.45) is 0. The first-order valence-corrected chi connectivity index (χ1v) is 2.66. The van der Waals surface area contributed by atoms with Crippen LogP contribution in [0.2, 0.25) is 0 Å². The second-order valence-corrected chi connectivity index (χ2v) is 1.92. The molecular formula is C5H14BNO. The third-order valence-electron chi connectivity index (χ3n) is 1.23. The quantitative estimate of drug-likeness (QED) is 0.358. The molecule has 1 saturated heterocycles. The Kier molecular flexibility index (Phi) is 1.58. The van der Waals surface area contributed by atoms with Crippen LogP contribution in [-0.2, 0) is 4.74 Å². The van der Waals surface area contributed by atoms with E-state index in [2.05, 4.69) is 7.05 Å². The third kappa shape index (κ3) is 1.49. The topological polar surface area (TPSA) is 9.23 Å². The van der Waals surface area contributed by atoms with Crippen LogP contribution in [0.1, 0.15) is 0 Å². The van der Waals surface area contributed by atoms with Gasteiger partial charge in [0.2, 0.25) is 0 Å². The summed E-state index contributed by atoms with van der Waals surface area (Å²) < 4.78 is 6.60. The number of rotatable bonds is 0. The Labute approximate surface area is 51.5 Å². The number of ether oxygens (including phenoxy) is 1. The van der Waals surface area contributed by atoms with Crippen molar-refractivity contribution in [2.24, 2.45) is 0 Å². The summed E-state index contributed by atoms with van der Waals surface area (Å²) in [5.74, 6) is 0. The lowest BCUT2D eigenvalue weighted by Gasteiger charge is -2.41. The van der Waals surface area contributed by atoms with E-state index in [-0.39, 0.29) is 0 Å². The van der Waals surface area contributed by atoms with Gasteiger partial charge in [0.1, 0.15) is 0 Å². The maximum atomic E-state index is 5.23. The Hall–Kier alpha value is -0.0151. The van der Waals surface area contributed by atoms with Gasteiger partial charge in [0.05, 0.1) is 26.3 Å². The number of quaternary nitrogens is 1. The fourth-order valence-corrected chi connectivity index (χ4v) is 0.655. The van der Waals surface area contributed by atoms with E-state index >= 15 is 0 Å². The molecular weight excluding hydrogens is 101 g/mol. The van der Waals surface area contributed by atoms with Crippen LogP contribution >= 0.6 is 0 Å². The Bertz CT molecular complexity index is 76.5. The van der Waals surface area contributed by atoms with Crippen LogP contribution in [0.15, 0.2) is 0 Å². The maximum Gasteiger partial charge on any atom is 0.169 e. The summed E-state index contributed by atoms with van der Waals surface area (Å²) in [7, 11) is 2.84. The molecule has 0 radical (unpaired) electrons. The minimum absolute atomic E-state index is 0.490. The van der Waals surface area contributed by atoms with Crippen LogP contribution in [0, 0.1) is 0 Å². The molecule has 1 heterocycles. The van der Waals surface area contributed by atoms with Crippen molar-refractivity contribution in [1.29, 1.82) is 0 Å². The van der Waals surface area contributed by atoms with Gasteiger partial charge in [0.25, 0.3) is 0 Å². The zero-order chi connectivity index (χ0) is 6.04. The lowest BCUT2D eigenvalue weighted by molar-refractivity contribution is -0.805. The zero-order valence-corrected chi connectivity index (χ0v) is 4.68. The Morgan fingerprint density at radius 2 is 1.88 bits per heavy atom. The van der Waals surface area contributed by atoms with E-state index in [0.29, 0.717) is 7.98 Å². The summed E-state index contributed by atoms with van der Waals surface area (Å²) in [5.41, 5.74) is 0. The molecule has 3 heteroatoms. The first-order chi connectivity index (χ1) is 3.71. The maximum absolute atomic E-state index is 5.23. The molecule has 1 fully saturated rings. The molecule has 0 aromatic carbocycles. The van der Waals surface area contributed by atoms with Crippen LogP contribution in [-0.4, -0.2) is 45.7 Å². The minimum atomic E-state index is 0.490. The molecule has 2 nitrogen and oxygen atoms in total. The van der Waals surface area contributed by atoms with Crippen LogP contribution in [0.25, 0.3) is 0 Å². The molecule has 1 aliphatic rings. The molecule has 0 bridgehead atoms. The van der Waals surface area contributed by atoms with E-state index in [4.69, 9.17) is 4.74 Å². The standard InChI is InChI=1S/C5H14BNO/c1-7(6)2-4-8-5-3-7/h2-5H2,1,6H3. The molecule has 0 saturated carbocycles. The highest BCUT2D eigenvalue weighted by Gasteiger charge is 2.11. The summed E-state index contributed by atoms with van der Waals surface area (Å²) in [5, 5.41) is 0. The molecule has 0 amide bonds. The average molecular weight is 115 g/mol. The van der Waals surface area contributed by atoms with Crippen molar-refractivity contribution in [3.63, 3.8) is 0 Å². The molecule has 1 rings (SSSR count). The average Bonchev–Trinajstić information content (AvgIpc) is 1.65. The number of nitrogens with zero attached hydrogens (tertiary/aromatic N) is 1. The van der Waals surface area contributed by atoms with Crippen molar-refractivity contribution < 1.29 is 9.13 Å². The Morgan fingerprint density at radius 3 is 2.12 bits per heavy atom. The molecule has 0 unspecified atom stereocenters. The second-order valence-electron chi connectivity index (χ2n) is 1.92. The fourth-order valence-electron chi connectivity index (χ4n) is 0.655. The van der Waals surface area contributed by atoms with Crippen LogP contribution in [0.3, 0.4) is 0 Å². The van der Waals surface area contributed by atoms with E-state index in [1.54, 1.807) is 0 Å². The van der Waals surface area contributed by atoms with E-state index in [9.17, 15) is 0 Å². The minimum Gasteiger partial charge on any atom is -0.521 e. The smallest absolute Gasteiger partial charge is 0.169 e. The summed E-state index contributed by atoms with van der Waals surface area (Å²) >= 11 is 0. The van der Waals surface area contributed by atoms with Gasteiger partial charge in [-0.05, 0) is 0 Å². The van der Waals surface area contributed by atoms with Crippen LogP contribution in [0.5, 0.6) is 0 Å².